The highest BCUT2D eigenvalue weighted by atomic mass is 32.2. The van der Waals surface area contributed by atoms with Gasteiger partial charge in [0.25, 0.3) is 15.9 Å². The summed E-state index contributed by atoms with van der Waals surface area (Å²) in [7, 11) is -3.82. The zero-order valence-corrected chi connectivity index (χ0v) is 10.1. The van der Waals surface area contributed by atoms with Crippen LogP contribution in [0.4, 0.5) is 0 Å². The van der Waals surface area contributed by atoms with E-state index >= 15 is 0 Å². The molecule has 0 fully saturated rings. The Kier molecular flexibility index (Phi) is 3.08. The van der Waals surface area contributed by atoms with Crippen LogP contribution in [0.15, 0.2) is 29.2 Å². The molecule has 1 aromatic rings. The number of fused-ring (bicyclic) bond motifs is 1. The number of aliphatic carboxylic acids is 1. The van der Waals surface area contributed by atoms with Crippen molar-refractivity contribution < 1.29 is 23.1 Å². The quantitative estimate of drug-likeness (QED) is 0.724. The van der Waals surface area contributed by atoms with Crippen molar-refractivity contribution in [1.82, 2.24) is 4.31 Å². The Morgan fingerprint density at radius 3 is 2.56 bits per heavy atom. The third kappa shape index (κ3) is 1.97. The lowest BCUT2D eigenvalue weighted by atomic mass is 10.2. The van der Waals surface area contributed by atoms with E-state index in [9.17, 15) is 23.1 Å². The molecular weight excluding hydrogens is 258 g/mol. The van der Waals surface area contributed by atoms with Gasteiger partial charge in [0.1, 0.15) is 4.90 Å². The summed E-state index contributed by atoms with van der Waals surface area (Å²) in [6.07, 6.45) is -0.239. The number of sulfonamides is 1. The van der Waals surface area contributed by atoms with Crippen molar-refractivity contribution in [3.63, 3.8) is 0 Å². The Labute approximate surface area is 104 Å². The zero-order valence-electron chi connectivity index (χ0n) is 9.33. The van der Waals surface area contributed by atoms with Gasteiger partial charge >= 0.3 is 0 Å². The van der Waals surface area contributed by atoms with Gasteiger partial charge in [-0.3, -0.25) is 4.79 Å². The normalized spacial score (nSPS) is 16.7. The molecule has 0 N–H and O–H groups in total. The van der Waals surface area contributed by atoms with Gasteiger partial charge in [0, 0.05) is 12.5 Å². The number of carboxylic acids is 1. The molecule has 1 aliphatic rings. The second-order valence-corrected chi connectivity index (χ2v) is 5.68. The van der Waals surface area contributed by atoms with Crippen LogP contribution >= 0.6 is 0 Å². The molecule has 1 heterocycles. The maximum absolute atomic E-state index is 12.0. The second kappa shape index (κ2) is 4.41. The van der Waals surface area contributed by atoms with Crippen LogP contribution in [0.25, 0.3) is 0 Å². The number of carbonyl (C=O) groups is 2. The largest absolute Gasteiger partial charge is 0.550 e. The molecule has 1 aliphatic heterocycles. The molecule has 0 unspecified atom stereocenters. The number of nitrogens with zero attached hydrogens (tertiary/aromatic N) is 1. The fourth-order valence-corrected chi connectivity index (χ4v) is 3.43. The summed E-state index contributed by atoms with van der Waals surface area (Å²) >= 11 is 0. The molecule has 7 heteroatoms. The van der Waals surface area contributed by atoms with Crippen LogP contribution in [0, 0.1) is 0 Å². The Hall–Kier alpha value is -1.89. The minimum absolute atomic E-state index is 0.0246. The first-order chi connectivity index (χ1) is 8.44. The van der Waals surface area contributed by atoms with E-state index in [2.05, 4.69) is 0 Å². The minimum atomic E-state index is -3.82. The van der Waals surface area contributed by atoms with Gasteiger partial charge in [-0.05, 0) is 25.0 Å². The Balaban J connectivity index is 2.25. The van der Waals surface area contributed by atoms with Gasteiger partial charge in [-0.1, -0.05) is 12.1 Å². The van der Waals surface area contributed by atoms with Crippen LogP contribution in [0.1, 0.15) is 23.2 Å². The van der Waals surface area contributed by atoms with E-state index in [4.69, 9.17) is 0 Å². The Bertz CT molecular complexity index is 608. The first-order valence-corrected chi connectivity index (χ1v) is 6.74. The van der Waals surface area contributed by atoms with Crippen molar-refractivity contribution in [3.05, 3.63) is 29.8 Å². The van der Waals surface area contributed by atoms with Crippen LogP contribution < -0.4 is 5.11 Å². The summed E-state index contributed by atoms with van der Waals surface area (Å²) < 4.78 is 24.7. The number of hydrogen-bond donors (Lipinski definition) is 0. The van der Waals surface area contributed by atoms with Crippen molar-refractivity contribution in [2.45, 2.75) is 17.7 Å². The van der Waals surface area contributed by atoms with Gasteiger partial charge in [0.2, 0.25) is 0 Å². The molecule has 18 heavy (non-hydrogen) atoms. The van der Waals surface area contributed by atoms with E-state index in [1.807, 2.05) is 0 Å². The number of hydrogen-bond acceptors (Lipinski definition) is 5. The molecule has 0 bridgehead atoms. The fourth-order valence-electron chi connectivity index (χ4n) is 1.82. The maximum Gasteiger partial charge on any atom is 0.269 e. The number of carbonyl (C=O) groups excluding carboxylic acids is 2. The SMILES string of the molecule is O=C([O-])CCCN1C(=O)c2ccccc2S1(=O)=O. The summed E-state index contributed by atoms with van der Waals surface area (Å²) in [6.45, 7) is -0.149. The molecule has 2 rings (SSSR count). The third-order valence-corrected chi connectivity index (χ3v) is 4.49. The molecule has 0 aromatic heterocycles. The van der Waals surface area contributed by atoms with Crippen molar-refractivity contribution in [1.29, 1.82) is 0 Å². The third-order valence-electron chi connectivity index (χ3n) is 2.65. The van der Waals surface area contributed by atoms with Crippen LogP contribution in [0.3, 0.4) is 0 Å². The first kappa shape index (κ1) is 12.6. The van der Waals surface area contributed by atoms with Gasteiger partial charge in [0.05, 0.1) is 5.56 Å². The smallest absolute Gasteiger partial charge is 0.269 e. The summed E-state index contributed by atoms with van der Waals surface area (Å²) in [5.41, 5.74) is 0.131. The van der Waals surface area contributed by atoms with E-state index in [0.29, 0.717) is 4.31 Å². The Morgan fingerprint density at radius 2 is 1.94 bits per heavy atom. The maximum atomic E-state index is 12.0. The number of carboxylic acid groups (broad SMARTS) is 1. The van der Waals surface area contributed by atoms with Crippen LogP contribution in [-0.4, -0.2) is 31.1 Å². The van der Waals surface area contributed by atoms with Gasteiger partial charge < -0.3 is 9.90 Å². The molecule has 6 nitrogen and oxygen atoms in total. The van der Waals surface area contributed by atoms with Crippen molar-refractivity contribution >= 4 is 21.9 Å². The van der Waals surface area contributed by atoms with E-state index < -0.39 is 21.9 Å². The van der Waals surface area contributed by atoms with Crippen molar-refractivity contribution in [3.8, 4) is 0 Å². The molecule has 0 spiro atoms. The lowest BCUT2D eigenvalue weighted by Crippen LogP contribution is -2.32. The van der Waals surface area contributed by atoms with E-state index in [0.717, 1.165) is 0 Å². The molecule has 0 atom stereocenters. The molecule has 0 saturated carbocycles. The highest BCUT2D eigenvalue weighted by Crippen LogP contribution is 2.29. The molecule has 1 amide bonds. The average Bonchev–Trinajstić information content (AvgIpc) is 2.50. The summed E-state index contributed by atoms with van der Waals surface area (Å²) in [4.78, 5) is 22.1. The second-order valence-electron chi connectivity index (χ2n) is 3.85. The zero-order chi connectivity index (χ0) is 13.3. The molecule has 1 aromatic carbocycles. The lowest BCUT2D eigenvalue weighted by molar-refractivity contribution is -0.305. The molecule has 96 valence electrons. The van der Waals surface area contributed by atoms with Gasteiger partial charge in [0.15, 0.2) is 0 Å². The predicted molar refractivity (Wildman–Crippen MR) is 58.9 cm³/mol. The summed E-state index contributed by atoms with van der Waals surface area (Å²) in [5.74, 6) is -1.87. The molecule has 0 radical (unpaired) electrons. The number of rotatable bonds is 4. The average molecular weight is 268 g/mol. The van der Waals surface area contributed by atoms with E-state index in [1.54, 1.807) is 6.07 Å². The van der Waals surface area contributed by atoms with Crippen LogP contribution in [0.5, 0.6) is 0 Å². The van der Waals surface area contributed by atoms with E-state index in [1.165, 1.54) is 18.2 Å². The van der Waals surface area contributed by atoms with E-state index in [-0.39, 0.29) is 29.8 Å². The van der Waals surface area contributed by atoms with Crippen molar-refractivity contribution in [2.24, 2.45) is 0 Å². The first-order valence-electron chi connectivity index (χ1n) is 5.30. The van der Waals surface area contributed by atoms with Crippen LogP contribution in [-0.2, 0) is 14.8 Å². The minimum Gasteiger partial charge on any atom is -0.550 e. The number of benzene rings is 1. The predicted octanol–water partition coefficient (Wildman–Crippen LogP) is -0.639. The van der Waals surface area contributed by atoms with Crippen LogP contribution in [0.2, 0.25) is 0 Å². The Morgan fingerprint density at radius 1 is 1.28 bits per heavy atom. The fraction of sp³-hybridized carbons (Fsp3) is 0.273. The van der Waals surface area contributed by atoms with Gasteiger partial charge in [-0.25, -0.2) is 12.7 Å². The molecule has 0 saturated heterocycles. The number of amides is 1. The topological polar surface area (TPSA) is 94.6 Å². The summed E-state index contributed by atoms with van der Waals surface area (Å²) in [6, 6.07) is 5.92. The van der Waals surface area contributed by atoms with Gasteiger partial charge in [-0.15, -0.1) is 0 Å². The molecule has 0 aliphatic carbocycles. The monoisotopic (exact) mass is 268 g/mol. The van der Waals surface area contributed by atoms with Gasteiger partial charge in [-0.2, -0.15) is 0 Å². The lowest BCUT2D eigenvalue weighted by Gasteiger charge is -2.14. The summed E-state index contributed by atoms with van der Waals surface area (Å²) in [5, 5.41) is 10.3. The molecular formula is C11H10NO5S-. The van der Waals surface area contributed by atoms with Crippen molar-refractivity contribution in [2.75, 3.05) is 6.54 Å². The standard InChI is InChI=1S/C11H11NO5S/c13-10(14)6-3-7-12-11(15)8-4-1-2-5-9(8)18(12,16)17/h1-2,4-5H,3,6-7H2,(H,13,14)/p-1. The highest BCUT2D eigenvalue weighted by molar-refractivity contribution is 7.90. The highest BCUT2D eigenvalue weighted by Gasteiger charge is 2.40.